The minimum atomic E-state index is -0.539. The molecule has 0 aromatic heterocycles. The Bertz CT molecular complexity index is 312. The topological polar surface area (TPSA) is 44.8 Å². The van der Waals surface area contributed by atoms with E-state index in [2.05, 4.69) is 22.2 Å². The molecule has 1 rings (SSSR count). The summed E-state index contributed by atoms with van der Waals surface area (Å²) in [5.41, 5.74) is -0.539. The molecule has 21 heavy (non-hydrogen) atoms. The van der Waals surface area contributed by atoms with Gasteiger partial charge in [0.2, 0.25) is 0 Å². The van der Waals surface area contributed by atoms with Crippen molar-refractivity contribution in [2.45, 2.75) is 45.1 Å². The lowest BCUT2D eigenvalue weighted by molar-refractivity contribution is -0.148. The van der Waals surface area contributed by atoms with Gasteiger partial charge in [0, 0.05) is 13.1 Å². The highest BCUT2D eigenvalue weighted by Gasteiger charge is 2.32. The molecule has 0 radical (unpaired) electrons. The third-order valence-corrected chi connectivity index (χ3v) is 4.42. The fourth-order valence-corrected chi connectivity index (χ4v) is 3.02. The van der Waals surface area contributed by atoms with Gasteiger partial charge < -0.3 is 19.9 Å². The molecule has 5 heteroatoms. The average molecular weight is 299 g/mol. The van der Waals surface area contributed by atoms with Crippen LogP contribution in [0.1, 0.15) is 39.5 Å². The van der Waals surface area contributed by atoms with Crippen molar-refractivity contribution in [3.05, 3.63) is 0 Å². The number of nitrogens with zero attached hydrogens (tertiary/aromatic N) is 2. The molecule has 0 saturated carbocycles. The molecule has 1 N–H and O–H groups in total. The van der Waals surface area contributed by atoms with Crippen LogP contribution in [-0.2, 0) is 9.53 Å². The second-order valence-electron chi connectivity index (χ2n) is 6.31. The highest BCUT2D eigenvalue weighted by molar-refractivity contribution is 5.80. The number of carbonyl (C=O) groups excluding carboxylic acids is 1. The van der Waals surface area contributed by atoms with E-state index < -0.39 is 5.54 Å². The minimum absolute atomic E-state index is 0.152. The maximum absolute atomic E-state index is 11.9. The number of unbranched alkanes of at least 4 members (excludes halogenated alkanes) is 1. The van der Waals surface area contributed by atoms with Gasteiger partial charge in [-0.25, -0.2) is 0 Å². The van der Waals surface area contributed by atoms with E-state index in [9.17, 15) is 4.79 Å². The van der Waals surface area contributed by atoms with Crippen LogP contribution in [0.3, 0.4) is 0 Å². The van der Waals surface area contributed by atoms with Crippen LogP contribution in [0.25, 0.3) is 0 Å². The monoisotopic (exact) mass is 299 g/mol. The van der Waals surface area contributed by atoms with E-state index in [1.165, 1.54) is 26.6 Å². The first-order chi connectivity index (χ1) is 10.0. The van der Waals surface area contributed by atoms with Crippen LogP contribution >= 0.6 is 0 Å². The summed E-state index contributed by atoms with van der Waals surface area (Å²) < 4.78 is 4.93. The lowest BCUT2D eigenvalue weighted by Gasteiger charge is -2.28. The normalized spacial score (nSPS) is 20.8. The largest absolute Gasteiger partial charge is 0.468 e. The van der Waals surface area contributed by atoms with Gasteiger partial charge in [0.1, 0.15) is 5.54 Å². The molecule has 1 saturated heterocycles. The smallest absolute Gasteiger partial charge is 0.325 e. The van der Waals surface area contributed by atoms with E-state index in [1.54, 1.807) is 0 Å². The SMILES string of the molecule is CCNC(C)(CCCCN1CCCN(C)CC1)C(=O)OC. The number of likely N-dealkylation sites (N-methyl/N-ethyl adjacent to an activating group) is 2. The number of hydrogen-bond acceptors (Lipinski definition) is 5. The number of hydrogen-bond donors (Lipinski definition) is 1. The first-order valence-electron chi connectivity index (χ1n) is 8.26. The molecule has 1 fully saturated rings. The summed E-state index contributed by atoms with van der Waals surface area (Å²) >= 11 is 0. The maximum Gasteiger partial charge on any atom is 0.325 e. The molecular formula is C16H33N3O2. The van der Waals surface area contributed by atoms with Gasteiger partial charge in [-0.3, -0.25) is 4.79 Å². The molecule has 1 aliphatic rings. The summed E-state index contributed by atoms with van der Waals surface area (Å²) in [6, 6.07) is 0. The number of methoxy groups -OCH3 is 1. The van der Waals surface area contributed by atoms with Crippen molar-refractivity contribution in [3.8, 4) is 0 Å². The predicted octanol–water partition coefficient (Wildman–Crippen LogP) is 1.34. The highest BCUT2D eigenvalue weighted by atomic mass is 16.5. The fourth-order valence-electron chi connectivity index (χ4n) is 3.02. The number of ether oxygens (including phenoxy) is 1. The van der Waals surface area contributed by atoms with Crippen molar-refractivity contribution in [2.75, 3.05) is 53.4 Å². The third kappa shape index (κ3) is 6.32. The molecule has 0 bridgehead atoms. The second-order valence-corrected chi connectivity index (χ2v) is 6.31. The zero-order chi connectivity index (χ0) is 15.7. The molecule has 0 aromatic carbocycles. The molecule has 0 aliphatic carbocycles. The Labute approximate surface area is 130 Å². The lowest BCUT2D eigenvalue weighted by atomic mass is 9.94. The summed E-state index contributed by atoms with van der Waals surface area (Å²) in [4.78, 5) is 16.9. The number of esters is 1. The third-order valence-electron chi connectivity index (χ3n) is 4.42. The Morgan fingerprint density at radius 2 is 2.00 bits per heavy atom. The molecule has 0 amide bonds. The molecule has 1 heterocycles. The van der Waals surface area contributed by atoms with Crippen LogP contribution in [0.5, 0.6) is 0 Å². The van der Waals surface area contributed by atoms with Crippen molar-refractivity contribution >= 4 is 5.97 Å². The maximum atomic E-state index is 11.9. The first-order valence-corrected chi connectivity index (χ1v) is 8.26. The molecule has 1 aliphatic heterocycles. The summed E-state index contributed by atoms with van der Waals surface area (Å²) in [6.45, 7) is 10.6. The average Bonchev–Trinajstić information content (AvgIpc) is 2.67. The van der Waals surface area contributed by atoms with Crippen LogP contribution in [-0.4, -0.2) is 74.7 Å². The number of nitrogens with one attached hydrogen (secondary N) is 1. The van der Waals surface area contributed by atoms with E-state index in [1.807, 2.05) is 13.8 Å². The summed E-state index contributed by atoms with van der Waals surface area (Å²) in [5, 5.41) is 3.27. The molecular weight excluding hydrogens is 266 g/mol. The Kier molecular flexibility index (Phi) is 8.22. The minimum Gasteiger partial charge on any atom is -0.468 e. The van der Waals surface area contributed by atoms with Crippen molar-refractivity contribution in [3.63, 3.8) is 0 Å². The number of rotatable bonds is 8. The zero-order valence-corrected chi connectivity index (χ0v) is 14.3. The van der Waals surface area contributed by atoms with Crippen LogP contribution < -0.4 is 5.32 Å². The summed E-state index contributed by atoms with van der Waals surface area (Å²) in [5.74, 6) is -0.152. The lowest BCUT2D eigenvalue weighted by Crippen LogP contribution is -2.50. The first kappa shape index (κ1) is 18.4. The van der Waals surface area contributed by atoms with Crippen LogP contribution in [0.4, 0.5) is 0 Å². The van der Waals surface area contributed by atoms with E-state index in [-0.39, 0.29) is 5.97 Å². The summed E-state index contributed by atoms with van der Waals surface area (Å²) in [6.07, 6.45) is 4.28. The zero-order valence-electron chi connectivity index (χ0n) is 14.3. The van der Waals surface area contributed by atoms with E-state index in [0.717, 1.165) is 45.4 Å². The standard InChI is InChI=1S/C16H33N3O2/c1-5-17-16(2,15(20)21-4)9-6-7-11-19-12-8-10-18(3)13-14-19/h17H,5-14H2,1-4H3. The van der Waals surface area contributed by atoms with E-state index in [4.69, 9.17) is 4.74 Å². The fraction of sp³-hybridized carbons (Fsp3) is 0.938. The Morgan fingerprint density at radius 1 is 1.24 bits per heavy atom. The molecule has 1 unspecified atom stereocenters. The van der Waals surface area contributed by atoms with Crippen LogP contribution in [0, 0.1) is 0 Å². The van der Waals surface area contributed by atoms with Crippen molar-refractivity contribution < 1.29 is 9.53 Å². The van der Waals surface area contributed by atoms with Crippen LogP contribution in [0.2, 0.25) is 0 Å². The summed E-state index contributed by atoms with van der Waals surface area (Å²) in [7, 11) is 3.66. The van der Waals surface area contributed by atoms with Gasteiger partial charge in [-0.15, -0.1) is 0 Å². The van der Waals surface area contributed by atoms with Crippen molar-refractivity contribution in [2.24, 2.45) is 0 Å². The van der Waals surface area contributed by atoms with Gasteiger partial charge in [-0.2, -0.15) is 0 Å². The van der Waals surface area contributed by atoms with Gasteiger partial charge in [0.25, 0.3) is 0 Å². The van der Waals surface area contributed by atoms with E-state index >= 15 is 0 Å². The molecule has 124 valence electrons. The van der Waals surface area contributed by atoms with Crippen LogP contribution in [0.15, 0.2) is 0 Å². The Morgan fingerprint density at radius 3 is 2.67 bits per heavy atom. The second kappa shape index (κ2) is 9.38. The Hall–Kier alpha value is -0.650. The van der Waals surface area contributed by atoms with Gasteiger partial charge in [-0.05, 0) is 65.8 Å². The van der Waals surface area contributed by atoms with Gasteiger partial charge in [0.05, 0.1) is 7.11 Å². The van der Waals surface area contributed by atoms with Crippen molar-refractivity contribution in [1.29, 1.82) is 0 Å². The molecule has 1 atom stereocenters. The van der Waals surface area contributed by atoms with Gasteiger partial charge in [-0.1, -0.05) is 6.92 Å². The molecule has 0 aromatic rings. The number of carbonyl (C=O) groups is 1. The highest BCUT2D eigenvalue weighted by Crippen LogP contribution is 2.16. The van der Waals surface area contributed by atoms with Gasteiger partial charge >= 0.3 is 5.97 Å². The molecule has 5 nitrogen and oxygen atoms in total. The van der Waals surface area contributed by atoms with Gasteiger partial charge in [0.15, 0.2) is 0 Å². The Balaban J connectivity index is 2.29. The van der Waals surface area contributed by atoms with E-state index in [0.29, 0.717) is 0 Å². The molecule has 0 spiro atoms. The quantitative estimate of drug-likeness (QED) is 0.541. The van der Waals surface area contributed by atoms with Crippen molar-refractivity contribution in [1.82, 2.24) is 15.1 Å². The predicted molar refractivity (Wildman–Crippen MR) is 86.5 cm³/mol.